The molecule has 6 heteroatoms. The molecule has 0 spiro atoms. The molecule has 0 amide bonds. The van der Waals surface area contributed by atoms with Crippen LogP contribution in [0.5, 0.6) is 11.5 Å². The second kappa shape index (κ2) is 6.81. The average molecular weight is 329 g/mol. The van der Waals surface area contributed by atoms with Crippen molar-refractivity contribution in [3.05, 3.63) is 36.0 Å². The van der Waals surface area contributed by atoms with Crippen molar-refractivity contribution >= 4 is 0 Å². The number of rotatable bonds is 4. The van der Waals surface area contributed by atoms with Crippen molar-refractivity contribution < 1.29 is 14.0 Å². The Labute approximate surface area is 141 Å². The first-order chi connectivity index (χ1) is 11.8. The summed E-state index contributed by atoms with van der Waals surface area (Å²) in [6, 6.07) is 7.88. The number of piperidine rings is 1. The zero-order chi connectivity index (χ0) is 16.4. The number of fused-ring (bicyclic) bond motifs is 1. The van der Waals surface area contributed by atoms with Gasteiger partial charge in [0.15, 0.2) is 17.3 Å². The number of para-hydroxylation sites is 2. The number of benzene rings is 1. The molecule has 0 unspecified atom stereocenters. The first kappa shape index (κ1) is 15.4. The first-order valence-electron chi connectivity index (χ1n) is 8.66. The van der Waals surface area contributed by atoms with Gasteiger partial charge in [-0.05, 0) is 44.0 Å². The van der Waals surface area contributed by atoms with Gasteiger partial charge in [-0.2, -0.15) is 4.98 Å². The number of hydrogen-bond donors (Lipinski definition) is 0. The first-order valence-corrected chi connectivity index (χ1v) is 8.66. The van der Waals surface area contributed by atoms with Crippen LogP contribution in [0.1, 0.15) is 24.6 Å². The normalized spacial score (nSPS) is 21.8. The number of nitrogens with zero attached hydrogens (tertiary/aromatic N) is 3. The third kappa shape index (κ3) is 3.53. The van der Waals surface area contributed by atoms with Crippen LogP contribution in [0.3, 0.4) is 0 Å². The highest BCUT2D eigenvalue weighted by molar-refractivity contribution is 5.40. The summed E-state index contributed by atoms with van der Waals surface area (Å²) in [5.74, 6) is 3.84. The van der Waals surface area contributed by atoms with E-state index in [9.17, 15) is 0 Å². The van der Waals surface area contributed by atoms with E-state index in [0.717, 1.165) is 56.2 Å². The minimum Gasteiger partial charge on any atom is -0.486 e. The molecule has 24 heavy (non-hydrogen) atoms. The van der Waals surface area contributed by atoms with Crippen molar-refractivity contribution in [3.63, 3.8) is 0 Å². The highest BCUT2D eigenvalue weighted by atomic mass is 16.6. The molecule has 0 bridgehead atoms. The van der Waals surface area contributed by atoms with Crippen LogP contribution in [0, 0.1) is 12.8 Å². The van der Waals surface area contributed by atoms with Crippen LogP contribution in [0.25, 0.3) is 0 Å². The molecule has 1 saturated heterocycles. The van der Waals surface area contributed by atoms with Crippen molar-refractivity contribution in [2.75, 3.05) is 26.2 Å². The van der Waals surface area contributed by atoms with Crippen LogP contribution < -0.4 is 9.47 Å². The van der Waals surface area contributed by atoms with Crippen molar-refractivity contribution in [1.82, 2.24) is 15.0 Å². The lowest BCUT2D eigenvalue weighted by Crippen LogP contribution is -2.44. The Morgan fingerprint density at radius 3 is 2.71 bits per heavy atom. The zero-order valence-electron chi connectivity index (χ0n) is 14.0. The van der Waals surface area contributed by atoms with Crippen molar-refractivity contribution in [2.24, 2.45) is 5.92 Å². The molecule has 0 radical (unpaired) electrons. The van der Waals surface area contributed by atoms with Gasteiger partial charge in [0.2, 0.25) is 5.89 Å². The van der Waals surface area contributed by atoms with E-state index >= 15 is 0 Å². The van der Waals surface area contributed by atoms with Crippen LogP contribution in [-0.4, -0.2) is 47.4 Å². The van der Waals surface area contributed by atoms with Gasteiger partial charge in [0, 0.05) is 19.9 Å². The van der Waals surface area contributed by atoms with E-state index in [1.165, 1.54) is 0 Å². The smallest absolute Gasteiger partial charge is 0.223 e. The molecule has 1 aromatic heterocycles. The Balaban J connectivity index is 1.25. The van der Waals surface area contributed by atoms with Crippen LogP contribution in [0.15, 0.2) is 28.8 Å². The summed E-state index contributed by atoms with van der Waals surface area (Å²) in [6.45, 7) is 5.55. The molecule has 3 heterocycles. The molecule has 2 aliphatic rings. The van der Waals surface area contributed by atoms with Gasteiger partial charge in [-0.3, -0.25) is 4.90 Å². The van der Waals surface area contributed by atoms with E-state index in [1.807, 2.05) is 31.2 Å². The van der Waals surface area contributed by atoms with E-state index in [0.29, 0.717) is 18.4 Å². The molecular formula is C18H23N3O3. The summed E-state index contributed by atoms with van der Waals surface area (Å²) in [5.41, 5.74) is 0. The van der Waals surface area contributed by atoms with Gasteiger partial charge < -0.3 is 14.0 Å². The maximum atomic E-state index is 6.06. The monoisotopic (exact) mass is 329 g/mol. The third-order valence-corrected chi connectivity index (χ3v) is 4.78. The van der Waals surface area contributed by atoms with E-state index in [4.69, 9.17) is 14.0 Å². The van der Waals surface area contributed by atoms with Crippen LogP contribution >= 0.6 is 0 Å². The third-order valence-electron chi connectivity index (χ3n) is 4.78. The van der Waals surface area contributed by atoms with Gasteiger partial charge in [0.05, 0.1) is 0 Å². The number of hydrogen-bond acceptors (Lipinski definition) is 6. The fourth-order valence-electron chi connectivity index (χ4n) is 3.50. The minimum atomic E-state index is 0.108. The number of aryl methyl sites for hydroxylation is 1. The van der Waals surface area contributed by atoms with Gasteiger partial charge in [-0.15, -0.1) is 0 Å². The zero-order valence-corrected chi connectivity index (χ0v) is 14.0. The lowest BCUT2D eigenvalue weighted by molar-refractivity contribution is 0.0476. The van der Waals surface area contributed by atoms with Gasteiger partial charge in [0.1, 0.15) is 12.7 Å². The summed E-state index contributed by atoms with van der Waals surface area (Å²) in [5, 5.41) is 4.01. The summed E-state index contributed by atoms with van der Waals surface area (Å²) in [4.78, 5) is 6.78. The van der Waals surface area contributed by atoms with E-state index < -0.39 is 0 Å². The highest BCUT2D eigenvalue weighted by Crippen LogP contribution is 2.31. The Morgan fingerprint density at radius 1 is 1.17 bits per heavy atom. The van der Waals surface area contributed by atoms with Gasteiger partial charge in [-0.25, -0.2) is 0 Å². The topological polar surface area (TPSA) is 60.6 Å². The minimum absolute atomic E-state index is 0.108. The van der Waals surface area contributed by atoms with E-state index in [2.05, 4.69) is 15.0 Å². The molecule has 1 atom stereocenters. The predicted molar refractivity (Wildman–Crippen MR) is 88.3 cm³/mol. The molecule has 0 N–H and O–H groups in total. The molecule has 1 aromatic carbocycles. The summed E-state index contributed by atoms with van der Waals surface area (Å²) in [7, 11) is 0. The quantitative estimate of drug-likeness (QED) is 0.859. The second-order valence-electron chi connectivity index (χ2n) is 6.68. The molecule has 0 aliphatic carbocycles. The van der Waals surface area contributed by atoms with E-state index in [-0.39, 0.29) is 6.10 Å². The largest absolute Gasteiger partial charge is 0.486 e. The Kier molecular flexibility index (Phi) is 4.38. The van der Waals surface area contributed by atoms with Crippen LogP contribution in [0.2, 0.25) is 0 Å². The maximum Gasteiger partial charge on any atom is 0.223 e. The molecule has 2 aliphatic heterocycles. The Hall–Kier alpha value is -2.08. The summed E-state index contributed by atoms with van der Waals surface area (Å²) >= 11 is 0. The Morgan fingerprint density at radius 2 is 1.96 bits per heavy atom. The SMILES string of the molecule is Cc1nc(CC2CCN(C[C@H]3COc4ccccc4O3)CC2)no1. The van der Waals surface area contributed by atoms with Crippen molar-refractivity contribution in [1.29, 1.82) is 0 Å². The van der Waals surface area contributed by atoms with Crippen molar-refractivity contribution in [2.45, 2.75) is 32.3 Å². The average Bonchev–Trinajstić information content (AvgIpc) is 3.01. The molecule has 2 aromatic rings. The Bertz CT molecular complexity index is 680. The molecule has 128 valence electrons. The lowest BCUT2D eigenvalue weighted by Gasteiger charge is -2.35. The predicted octanol–water partition coefficient (Wildman–Crippen LogP) is 2.47. The fraction of sp³-hybridized carbons (Fsp3) is 0.556. The van der Waals surface area contributed by atoms with Crippen LogP contribution in [0.4, 0.5) is 0 Å². The second-order valence-corrected chi connectivity index (χ2v) is 6.68. The molecule has 6 nitrogen and oxygen atoms in total. The maximum absolute atomic E-state index is 6.06. The molecule has 4 rings (SSSR count). The number of likely N-dealkylation sites (tertiary alicyclic amines) is 1. The molecule has 1 fully saturated rings. The highest BCUT2D eigenvalue weighted by Gasteiger charge is 2.26. The van der Waals surface area contributed by atoms with Gasteiger partial charge in [-0.1, -0.05) is 17.3 Å². The van der Waals surface area contributed by atoms with Gasteiger partial charge in [0.25, 0.3) is 0 Å². The number of ether oxygens (including phenoxy) is 2. The number of aromatic nitrogens is 2. The molecule has 0 saturated carbocycles. The lowest BCUT2D eigenvalue weighted by atomic mass is 9.93. The molecular weight excluding hydrogens is 306 g/mol. The standard InChI is InChI=1S/C18H23N3O3/c1-13-19-18(20-24-13)10-14-6-8-21(9-7-14)11-15-12-22-16-4-2-3-5-17(16)23-15/h2-5,14-15H,6-12H2,1H3/t15-/m0/s1. The van der Waals surface area contributed by atoms with Crippen molar-refractivity contribution in [3.8, 4) is 11.5 Å². The van der Waals surface area contributed by atoms with Gasteiger partial charge >= 0.3 is 0 Å². The fourth-order valence-corrected chi connectivity index (χ4v) is 3.50. The van der Waals surface area contributed by atoms with Crippen LogP contribution in [-0.2, 0) is 6.42 Å². The summed E-state index contributed by atoms with van der Waals surface area (Å²) in [6.07, 6.45) is 3.35. The van der Waals surface area contributed by atoms with E-state index in [1.54, 1.807) is 0 Å². The summed E-state index contributed by atoms with van der Waals surface area (Å²) < 4.78 is 16.9.